The molecule has 0 saturated carbocycles. The smallest absolute Gasteiger partial charge is 0.418 e. The van der Waals surface area contributed by atoms with Crippen LogP contribution >= 0.6 is 11.6 Å². The number of halogens is 4. The van der Waals surface area contributed by atoms with Gasteiger partial charge in [0.2, 0.25) is 11.8 Å². The highest BCUT2D eigenvalue weighted by Gasteiger charge is 2.50. The van der Waals surface area contributed by atoms with Gasteiger partial charge in [0, 0.05) is 43.1 Å². The third-order valence-corrected chi connectivity index (χ3v) is 7.71. The van der Waals surface area contributed by atoms with Crippen molar-refractivity contribution in [2.45, 2.75) is 37.9 Å². The lowest BCUT2D eigenvalue weighted by Crippen LogP contribution is -2.57. The number of pyridine rings is 2. The van der Waals surface area contributed by atoms with E-state index in [4.69, 9.17) is 27.1 Å². The lowest BCUT2D eigenvalue weighted by atomic mass is 9.69. The molecule has 11 heteroatoms. The number of amides is 1. The van der Waals surface area contributed by atoms with Gasteiger partial charge in [-0.15, -0.1) is 0 Å². The van der Waals surface area contributed by atoms with Gasteiger partial charge in [-0.05, 0) is 61.7 Å². The Morgan fingerprint density at radius 2 is 1.92 bits per heavy atom. The molecular formula is C28H29ClF3N5O2. The lowest BCUT2D eigenvalue weighted by molar-refractivity contribution is -0.141. The average molecular weight is 560 g/mol. The van der Waals surface area contributed by atoms with Gasteiger partial charge in [-0.2, -0.15) is 13.2 Å². The Labute approximate surface area is 229 Å². The van der Waals surface area contributed by atoms with E-state index in [-0.39, 0.29) is 29.7 Å². The van der Waals surface area contributed by atoms with E-state index in [0.29, 0.717) is 50.7 Å². The molecule has 1 fully saturated rings. The minimum atomic E-state index is -4.55. The molecule has 2 aliphatic rings. The molecule has 0 aliphatic carbocycles. The minimum Gasteiger partial charge on any atom is -0.477 e. The predicted molar refractivity (Wildman–Crippen MR) is 143 cm³/mol. The highest BCUT2D eigenvalue weighted by molar-refractivity contribution is 6.30. The van der Waals surface area contributed by atoms with E-state index in [1.807, 2.05) is 31.2 Å². The Morgan fingerprint density at radius 3 is 2.62 bits per heavy atom. The van der Waals surface area contributed by atoms with Crippen LogP contribution in [0.2, 0.25) is 5.02 Å². The molecule has 39 heavy (non-hydrogen) atoms. The SMILES string of the molecule is CCOc1ncccc1-c1ccc2c(n1)CN(CCN)C(=O)C21CCN(c2ccc(Cl)cc2C(F)(F)F)CC1. The molecule has 3 aromatic rings. The fourth-order valence-electron chi connectivity index (χ4n) is 5.68. The second-order valence-electron chi connectivity index (χ2n) is 9.72. The Morgan fingerprint density at radius 1 is 1.15 bits per heavy atom. The first-order chi connectivity index (χ1) is 18.7. The van der Waals surface area contributed by atoms with E-state index < -0.39 is 17.2 Å². The second-order valence-corrected chi connectivity index (χ2v) is 10.2. The van der Waals surface area contributed by atoms with E-state index >= 15 is 0 Å². The molecule has 0 radical (unpaired) electrons. The maximum atomic E-state index is 13.9. The van der Waals surface area contributed by atoms with E-state index in [9.17, 15) is 18.0 Å². The largest absolute Gasteiger partial charge is 0.477 e. The molecule has 0 atom stereocenters. The van der Waals surface area contributed by atoms with E-state index in [1.165, 1.54) is 12.1 Å². The number of aromatic nitrogens is 2. The molecule has 1 aromatic carbocycles. The van der Waals surface area contributed by atoms with Gasteiger partial charge in [-0.1, -0.05) is 17.7 Å². The van der Waals surface area contributed by atoms with Gasteiger partial charge in [0.1, 0.15) is 0 Å². The van der Waals surface area contributed by atoms with Crippen LogP contribution < -0.4 is 15.4 Å². The van der Waals surface area contributed by atoms with Gasteiger partial charge in [0.25, 0.3) is 0 Å². The van der Waals surface area contributed by atoms with Gasteiger partial charge in [0.05, 0.1) is 41.1 Å². The fourth-order valence-corrected chi connectivity index (χ4v) is 5.85. The number of hydrogen-bond acceptors (Lipinski definition) is 6. The Kier molecular flexibility index (Phi) is 7.43. The van der Waals surface area contributed by atoms with Gasteiger partial charge < -0.3 is 20.3 Å². The van der Waals surface area contributed by atoms with E-state index in [2.05, 4.69) is 4.98 Å². The zero-order chi connectivity index (χ0) is 27.8. The summed E-state index contributed by atoms with van der Waals surface area (Å²) in [6.45, 7) is 3.84. The van der Waals surface area contributed by atoms with Crippen molar-refractivity contribution < 1.29 is 22.7 Å². The predicted octanol–water partition coefficient (Wildman–Crippen LogP) is 5.05. The van der Waals surface area contributed by atoms with Crippen molar-refractivity contribution in [1.82, 2.24) is 14.9 Å². The molecule has 1 amide bonds. The number of hydrogen-bond donors (Lipinski definition) is 1. The van der Waals surface area contributed by atoms with Crippen LogP contribution in [0.1, 0.15) is 36.6 Å². The van der Waals surface area contributed by atoms with Crippen LogP contribution in [0, 0.1) is 0 Å². The number of fused-ring (bicyclic) bond motifs is 2. The highest BCUT2D eigenvalue weighted by Crippen LogP contribution is 2.46. The maximum Gasteiger partial charge on any atom is 0.418 e. The molecule has 4 heterocycles. The van der Waals surface area contributed by atoms with Gasteiger partial charge in [-0.3, -0.25) is 9.78 Å². The van der Waals surface area contributed by atoms with Crippen molar-refractivity contribution >= 4 is 23.2 Å². The van der Waals surface area contributed by atoms with Crippen LogP contribution in [-0.2, 0) is 22.9 Å². The molecule has 0 bridgehead atoms. The van der Waals surface area contributed by atoms with E-state index in [1.54, 1.807) is 16.0 Å². The maximum absolute atomic E-state index is 13.9. The van der Waals surface area contributed by atoms with Crippen molar-refractivity contribution in [1.29, 1.82) is 0 Å². The molecule has 1 spiro atoms. The zero-order valence-electron chi connectivity index (χ0n) is 21.5. The van der Waals surface area contributed by atoms with Crippen LogP contribution in [0.5, 0.6) is 5.88 Å². The fraction of sp³-hybridized carbons (Fsp3) is 0.393. The molecule has 2 aromatic heterocycles. The number of benzene rings is 1. The molecular weight excluding hydrogens is 531 g/mol. The zero-order valence-corrected chi connectivity index (χ0v) is 22.2. The summed E-state index contributed by atoms with van der Waals surface area (Å²) in [5, 5.41) is 0.0244. The number of alkyl halides is 3. The quantitative estimate of drug-likeness (QED) is 0.455. The minimum absolute atomic E-state index is 0.0244. The van der Waals surface area contributed by atoms with Crippen LogP contribution in [0.15, 0.2) is 48.7 Å². The number of carbonyl (C=O) groups excluding carboxylic acids is 1. The van der Waals surface area contributed by atoms with Crippen LogP contribution in [0.25, 0.3) is 11.3 Å². The standard InChI is InChI=1S/C28H29ClF3N5O2/c1-2-39-25-19(4-3-12-34-25)22-7-6-20-23(35-22)17-37(15-11-33)26(38)27(20)9-13-36(14-10-27)24-8-5-18(29)16-21(24)28(30,31)32/h3-8,12,16H,2,9-11,13-15,17,33H2,1H3. The average Bonchev–Trinajstić information content (AvgIpc) is 2.92. The number of piperidine rings is 1. The van der Waals surface area contributed by atoms with Gasteiger partial charge >= 0.3 is 6.18 Å². The number of nitrogens with two attached hydrogens (primary N) is 1. The second kappa shape index (κ2) is 10.7. The van der Waals surface area contributed by atoms with Crippen molar-refractivity contribution in [3.8, 4) is 17.1 Å². The summed E-state index contributed by atoms with van der Waals surface area (Å²) in [5.74, 6) is 0.419. The summed E-state index contributed by atoms with van der Waals surface area (Å²) >= 11 is 5.89. The molecule has 5 rings (SSSR count). The van der Waals surface area contributed by atoms with Gasteiger partial charge in [0.15, 0.2) is 0 Å². The normalized spacial score (nSPS) is 16.9. The van der Waals surface area contributed by atoms with Crippen LogP contribution in [0.4, 0.5) is 18.9 Å². The summed E-state index contributed by atoms with van der Waals surface area (Å²) in [6.07, 6.45) is -2.20. The highest BCUT2D eigenvalue weighted by atomic mass is 35.5. The number of anilines is 1. The van der Waals surface area contributed by atoms with Crippen LogP contribution in [0.3, 0.4) is 0 Å². The first-order valence-electron chi connectivity index (χ1n) is 12.9. The summed E-state index contributed by atoms with van der Waals surface area (Å²) < 4.78 is 47.1. The Balaban J connectivity index is 1.51. The van der Waals surface area contributed by atoms with Crippen molar-refractivity contribution in [3.63, 3.8) is 0 Å². The Bertz CT molecular complexity index is 1380. The van der Waals surface area contributed by atoms with Crippen LogP contribution in [-0.4, -0.2) is 53.6 Å². The molecule has 206 valence electrons. The number of nitrogens with zero attached hydrogens (tertiary/aromatic N) is 4. The number of rotatable bonds is 6. The third-order valence-electron chi connectivity index (χ3n) is 7.48. The molecule has 1 saturated heterocycles. The summed E-state index contributed by atoms with van der Waals surface area (Å²) in [4.78, 5) is 26.5. The van der Waals surface area contributed by atoms with Crippen molar-refractivity contribution in [2.24, 2.45) is 5.73 Å². The first-order valence-corrected chi connectivity index (χ1v) is 13.3. The summed E-state index contributed by atoms with van der Waals surface area (Å²) in [7, 11) is 0. The number of ether oxygens (including phenoxy) is 1. The monoisotopic (exact) mass is 559 g/mol. The third kappa shape index (κ3) is 5.03. The Hall–Kier alpha value is -3.37. The molecule has 2 aliphatic heterocycles. The summed E-state index contributed by atoms with van der Waals surface area (Å²) in [5.41, 5.74) is 7.22. The molecule has 7 nitrogen and oxygen atoms in total. The topological polar surface area (TPSA) is 84.6 Å². The van der Waals surface area contributed by atoms with Crippen molar-refractivity contribution in [3.05, 3.63) is 70.5 Å². The molecule has 0 unspecified atom stereocenters. The van der Waals surface area contributed by atoms with E-state index in [0.717, 1.165) is 22.9 Å². The lowest BCUT2D eigenvalue weighted by Gasteiger charge is -2.47. The summed E-state index contributed by atoms with van der Waals surface area (Å²) in [6, 6.07) is 11.3. The number of carbonyl (C=O) groups is 1. The first kappa shape index (κ1) is 27.2. The van der Waals surface area contributed by atoms with Gasteiger partial charge in [-0.25, -0.2) is 4.98 Å². The van der Waals surface area contributed by atoms with Crippen molar-refractivity contribution in [2.75, 3.05) is 37.7 Å². The molecule has 2 N–H and O–H groups in total.